The molecule has 0 amide bonds. The smallest absolute Gasteiger partial charge is 0.0398 e. The summed E-state index contributed by atoms with van der Waals surface area (Å²) >= 11 is 0. The predicted molar refractivity (Wildman–Crippen MR) is 74.8 cm³/mol. The first-order valence-corrected chi connectivity index (χ1v) is 6.89. The molecule has 94 valence electrons. The van der Waals surface area contributed by atoms with Gasteiger partial charge in [-0.15, -0.1) is 0 Å². The van der Waals surface area contributed by atoms with E-state index in [1.807, 2.05) is 7.05 Å². The molecule has 0 aliphatic carbocycles. The van der Waals surface area contributed by atoms with E-state index in [-0.39, 0.29) is 0 Å². The van der Waals surface area contributed by atoms with Crippen LogP contribution in [-0.2, 0) is 6.42 Å². The van der Waals surface area contributed by atoms with Crippen molar-refractivity contribution >= 4 is 5.69 Å². The van der Waals surface area contributed by atoms with Crippen molar-refractivity contribution in [1.82, 2.24) is 5.32 Å². The molecule has 0 bridgehead atoms. The standard InChI is InChI=1S/C15H24N2/c1-16-11-5-2-6-12-17-13-7-9-14-8-3-4-10-15(14)17/h3-4,8,10,16H,2,5-7,9,11-13H2,1H3. The zero-order valence-corrected chi connectivity index (χ0v) is 10.9. The molecule has 1 aromatic carbocycles. The predicted octanol–water partition coefficient (Wildman–Crippen LogP) is 2.83. The lowest BCUT2D eigenvalue weighted by Gasteiger charge is -2.31. The van der Waals surface area contributed by atoms with Crippen molar-refractivity contribution in [1.29, 1.82) is 0 Å². The molecule has 17 heavy (non-hydrogen) atoms. The summed E-state index contributed by atoms with van der Waals surface area (Å²) in [6.45, 7) is 3.61. The molecule has 2 rings (SSSR count). The maximum atomic E-state index is 3.21. The monoisotopic (exact) mass is 232 g/mol. The maximum Gasteiger partial charge on any atom is 0.0398 e. The summed E-state index contributed by atoms with van der Waals surface area (Å²) in [5.74, 6) is 0. The number of nitrogens with zero attached hydrogens (tertiary/aromatic N) is 1. The van der Waals surface area contributed by atoms with E-state index in [9.17, 15) is 0 Å². The molecule has 0 saturated carbocycles. The number of para-hydroxylation sites is 1. The van der Waals surface area contributed by atoms with Crippen LogP contribution in [0, 0.1) is 0 Å². The second kappa shape index (κ2) is 6.65. The zero-order valence-electron chi connectivity index (χ0n) is 10.9. The van der Waals surface area contributed by atoms with E-state index in [1.54, 1.807) is 0 Å². The lowest BCUT2D eigenvalue weighted by molar-refractivity contribution is 0.609. The van der Waals surface area contributed by atoms with Crippen molar-refractivity contribution in [2.45, 2.75) is 32.1 Å². The summed E-state index contributed by atoms with van der Waals surface area (Å²) in [6.07, 6.45) is 6.52. The number of fused-ring (bicyclic) bond motifs is 1. The van der Waals surface area contributed by atoms with Crippen LogP contribution in [0.2, 0.25) is 0 Å². The van der Waals surface area contributed by atoms with E-state index in [0.717, 1.165) is 6.54 Å². The number of anilines is 1. The van der Waals surface area contributed by atoms with Crippen LogP contribution in [0.15, 0.2) is 24.3 Å². The fraction of sp³-hybridized carbons (Fsp3) is 0.600. The molecule has 0 fully saturated rings. The van der Waals surface area contributed by atoms with Gasteiger partial charge in [0.25, 0.3) is 0 Å². The summed E-state index contributed by atoms with van der Waals surface area (Å²) in [7, 11) is 2.03. The van der Waals surface area contributed by atoms with Crippen molar-refractivity contribution in [2.24, 2.45) is 0 Å². The number of hydrogen-bond donors (Lipinski definition) is 1. The van der Waals surface area contributed by atoms with Crippen LogP contribution < -0.4 is 10.2 Å². The Balaban J connectivity index is 1.82. The van der Waals surface area contributed by atoms with Gasteiger partial charge in [-0.05, 0) is 50.9 Å². The normalized spacial score (nSPS) is 14.8. The Morgan fingerprint density at radius 2 is 2.06 bits per heavy atom. The summed E-state index contributed by atoms with van der Waals surface area (Å²) in [5, 5.41) is 3.21. The molecule has 1 heterocycles. The van der Waals surface area contributed by atoms with Gasteiger partial charge in [-0.25, -0.2) is 0 Å². The van der Waals surface area contributed by atoms with Crippen molar-refractivity contribution in [3.63, 3.8) is 0 Å². The van der Waals surface area contributed by atoms with Crippen LogP contribution >= 0.6 is 0 Å². The van der Waals surface area contributed by atoms with Crippen LogP contribution in [-0.4, -0.2) is 26.7 Å². The van der Waals surface area contributed by atoms with E-state index in [4.69, 9.17) is 0 Å². The van der Waals surface area contributed by atoms with E-state index < -0.39 is 0 Å². The molecule has 1 aliphatic rings. The van der Waals surface area contributed by atoms with Gasteiger partial charge in [-0.1, -0.05) is 24.6 Å². The van der Waals surface area contributed by atoms with E-state index in [2.05, 4.69) is 34.5 Å². The van der Waals surface area contributed by atoms with Crippen molar-refractivity contribution in [2.75, 3.05) is 31.6 Å². The third-order valence-electron chi connectivity index (χ3n) is 3.56. The molecular formula is C15H24N2. The van der Waals surface area contributed by atoms with Gasteiger partial charge < -0.3 is 10.2 Å². The Kier molecular flexibility index (Phi) is 4.87. The zero-order chi connectivity index (χ0) is 11.9. The minimum atomic E-state index is 1.15. The Bertz CT molecular complexity index is 335. The van der Waals surface area contributed by atoms with Crippen LogP contribution in [0.25, 0.3) is 0 Å². The molecule has 1 aromatic rings. The van der Waals surface area contributed by atoms with Gasteiger partial charge in [0, 0.05) is 18.8 Å². The van der Waals surface area contributed by atoms with Gasteiger partial charge in [-0.3, -0.25) is 0 Å². The van der Waals surface area contributed by atoms with Gasteiger partial charge in [0.1, 0.15) is 0 Å². The number of aryl methyl sites for hydroxylation is 1. The molecule has 0 unspecified atom stereocenters. The minimum Gasteiger partial charge on any atom is -0.371 e. The van der Waals surface area contributed by atoms with Crippen molar-refractivity contribution in [3.8, 4) is 0 Å². The van der Waals surface area contributed by atoms with E-state index in [1.165, 1.54) is 56.4 Å². The second-order valence-corrected chi connectivity index (χ2v) is 4.88. The summed E-state index contributed by atoms with van der Waals surface area (Å²) in [4.78, 5) is 2.57. The van der Waals surface area contributed by atoms with Crippen LogP contribution in [0.4, 0.5) is 5.69 Å². The minimum absolute atomic E-state index is 1.15. The third-order valence-corrected chi connectivity index (χ3v) is 3.56. The first-order valence-electron chi connectivity index (χ1n) is 6.89. The third kappa shape index (κ3) is 3.47. The van der Waals surface area contributed by atoms with E-state index >= 15 is 0 Å². The molecule has 0 aromatic heterocycles. The molecule has 1 aliphatic heterocycles. The number of hydrogen-bond acceptors (Lipinski definition) is 2. The largest absolute Gasteiger partial charge is 0.371 e. The Hall–Kier alpha value is -1.02. The number of rotatable bonds is 6. The van der Waals surface area contributed by atoms with Gasteiger partial charge in [0.15, 0.2) is 0 Å². The number of nitrogens with one attached hydrogen (secondary N) is 1. The molecule has 1 N–H and O–H groups in total. The fourth-order valence-electron chi connectivity index (χ4n) is 2.63. The topological polar surface area (TPSA) is 15.3 Å². The maximum absolute atomic E-state index is 3.21. The molecular weight excluding hydrogens is 208 g/mol. The number of benzene rings is 1. The highest BCUT2D eigenvalue weighted by Gasteiger charge is 2.14. The lowest BCUT2D eigenvalue weighted by Crippen LogP contribution is -2.30. The first kappa shape index (κ1) is 12.4. The summed E-state index contributed by atoms with van der Waals surface area (Å²) in [6, 6.07) is 8.89. The van der Waals surface area contributed by atoms with Crippen LogP contribution in [0.1, 0.15) is 31.2 Å². The second-order valence-electron chi connectivity index (χ2n) is 4.88. The lowest BCUT2D eigenvalue weighted by atomic mass is 10.0. The highest BCUT2D eigenvalue weighted by atomic mass is 15.1. The average Bonchev–Trinajstić information content (AvgIpc) is 2.39. The highest BCUT2D eigenvalue weighted by molar-refractivity contribution is 5.55. The van der Waals surface area contributed by atoms with Gasteiger partial charge in [-0.2, -0.15) is 0 Å². The molecule has 0 saturated heterocycles. The quantitative estimate of drug-likeness (QED) is 0.759. The van der Waals surface area contributed by atoms with Gasteiger partial charge >= 0.3 is 0 Å². The van der Waals surface area contributed by atoms with Gasteiger partial charge in [0.2, 0.25) is 0 Å². The Morgan fingerprint density at radius 1 is 1.18 bits per heavy atom. The summed E-state index contributed by atoms with van der Waals surface area (Å²) < 4.78 is 0. The Labute approximate surface area is 105 Å². The molecule has 0 atom stereocenters. The SMILES string of the molecule is CNCCCCCN1CCCc2ccccc21. The van der Waals surface area contributed by atoms with E-state index in [0.29, 0.717) is 0 Å². The average molecular weight is 232 g/mol. The van der Waals surface area contributed by atoms with Crippen LogP contribution in [0.3, 0.4) is 0 Å². The molecule has 0 spiro atoms. The highest BCUT2D eigenvalue weighted by Crippen LogP contribution is 2.26. The molecule has 0 radical (unpaired) electrons. The molecule has 2 heteroatoms. The fourth-order valence-corrected chi connectivity index (χ4v) is 2.63. The van der Waals surface area contributed by atoms with Crippen molar-refractivity contribution in [3.05, 3.63) is 29.8 Å². The first-order chi connectivity index (χ1) is 8.42. The molecule has 2 nitrogen and oxygen atoms in total. The van der Waals surface area contributed by atoms with Crippen molar-refractivity contribution < 1.29 is 0 Å². The van der Waals surface area contributed by atoms with Crippen LogP contribution in [0.5, 0.6) is 0 Å². The number of unbranched alkanes of at least 4 members (excludes halogenated alkanes) is 2. The summed E-state index contributed by atoms with van der Waals surface area (Å²) in [5.41, 5.74) is 3.02. The van der Waals surface area contributed by atoms with Gasteiger partial charge in [0.05, 0.1) is 0 Å². The Morgan fingerprint density at radius 3 is 2.94 bits per heavy atom.